The number of piperazine rings is 1. The summed E-state index contributed by atoms with van der Waals surface area (Å²) in [6.45, 7) is 2.90. The number of carbonyl (C=O) groups excluding carboxylic acids is 1. The quantitative estimate of drug-likeness (QED) is 0.738. The molecule has 0 aliphatic carbocycles. The average Bonchev–Trinajstić information content (AvgIpc) is 2.55. The van der Waals surface area contributed by atoms with Crippen LogP contribution in [0.4, 0.5) is 11.5 Å². The second kappa shape index (κ2) is 9.11. The monoisotopic (exact) mass is 432 g/mol. The number of anilines is 2. The fourth-order valence-corrected chi connectivity index (χ4v) is 2.96. The van der Waals surface area contributed by atoms with Crippen molar-refractivity contribution in [2.45, 2.75) is 0 Å². The van der Waals surface area contributed by atoms with E-state index in [2.05, 4.69) is 25.8 Å². The number of halogens is 3. The van der Waals surface area contributed by atoms with Crippen LogP contribution in [0.1, 0.15) is 10.4 Å². The van der Waals surface area contributed by atoms with Crippen LogP contribution in [-0.4, -0.2) is 42.0 Å². The van der Waals surface area contributed by atoms with Crippen molar-refractivity contribution in [3.05, 3.63) is 52.6 Å². The second-order valence-corrected chi connectivity index (χ2v) is 6.11. The number of nitrogens with two attached hydrogens (primary N) is 1. The molecule has 2 heterocycles. The number of carbonyl (C=O) groups is 1. The zero-order valence-electron chi connectivity index (χ0n) is 12.9. The van der Waals surface area contributed by atoms with Gasteiger partial charge in [-0.05, 0) is 30.3 Å². The molecule has 2 N–H and O–H groups in total. The molecule has 0 bridgehead atoms. The molecule has 1 saturated heterocycles. The minimum atomic E-state index is -0.00864. The molecule has 1 aromatic carbocycles. The van der Waals surface area contributed by atoms with Crippen LogP contribution in [0.5, 0.6) is 0 Å². The Bertz CT molecular complexity index is 679. The molecule has 0 atom stereocenters. The van der Waals surface area contributed by atoms with E-state index in [1.165, 1.54) is 0 Å². The molecule has 1 amide bonds. The average molecular weight is 434 g/mol. The van der Waals surface area contributed by atoms with E-state index in [-0.39, 0.29) is 30.7 Å². The highest BCUT2D eigenvalue weighted by atomic mass is 79.9. The maximum Gasteiger partial charge on any atom is 0.256 e. The molecule has 1 aliphatic heterocycles. The predicted molar refractivity (Wildman–Crippen MR) is 105 cm³/mol. The molecule has 130 valence electrons. The van der Waals surface area contributed by atoms with Gasteiger partial charge in [-0.25, -0.2) is 4.98 Å². The van der Waals surface area contributed by atoms with E-state index in [9.17, 15) is 4.79 Å². The molecule has 3 rings (SSSR count). The van der Waals surface area contributed by atoms with Crippen LogP contribution in [0, 0.1) is 0 Å². The van der Waals surface area contributed by atoms with Crippen molar-refractivity contribution in [2.75, 3.05) is 36.8 Å². The number of hydrogen-bond acceptors (Lipinski definition) is 4. The number of rotatable bonds is 2. The number of aromatic nitrogens is 1. The molecule has 1 fully saturated rings. The van der Waals surface area contributed by atoms with Gasteiger partial charge in [-0.2, -0.15) is 0 Å². The minimum absolute atomic E-state index is 0. The summed E-state index contributed by atoms with van der Waals surface area (Å²) < 4.78 is 0.876. The van der Waals surface area contributed by atoms with Gasteiger partial charge in [0.25, 0.3) is 5.91 Å². The molecule has 2 aromatic rings. The lowest BCUT2D eigenvalue weighted by atomic mass is 10.1. The summed E-state index contributed by atoms with van der Waals surface area (Å²) in [5, 5.41) is 0. The number of hydrogen-bond donors (Lipinski definition) is 1. The molecule has 1 aliphatic rings. The molecule has 0 saturated carbocycles. The number of amides is 1. The summed E-state index contributed by atoms with van der Waals surface area (Å²) in [7, 11) is 0. The molecule has 24 heavy (non-hydrogen) atoms. The van der Waals surface area contributed by atoms with Gasteiger partial charge < -0.3 is 15.5 Å². The third-order valence-electron chi connectivity index (χ3n) is 3.78. The third-order valence-corrected chi connectivity index (χ3v) is 4.28. The summed E-state index contributed by atoms with van der Waals surface area (Å²) in [4.78, 5) is 21.0. The first-order chi connectivity index (χ1) is 10.6. The second-order valence-electron chi connectivity index (χ2n) is 5.20. The molecule has 8 heteroatoms. The Morgan fingerprint density at radius 1 is 1.08 bits per heavy atom. The summed E-state index contributed by atoms with van der Waals surface area (Å²) in [6, 6.07) is 11.2. The predicted octanol–water partition coefficient (Wildman–Crippen LogP) is 3.23. The van der Waals surface area contributed by atoms with Crippen molar-refractivity contribution < 1.29 is 4.79 Å². The highest BCUT2D eigenvalue weighted by Crippen LogP contribution is 2.21. The van der Waals surface area contributed by atoms with Crippen LogP contribution in [0.2, 0.25) is 0 Å². The molecule has 5 nitrogen and oxygen atoms in total. The molecule has 0 unspecified atom stereocenters. The first-order valence-electron chi connectivity index (χ1n) is 7.15. The molecule has 0 spiro atoms. The number of pyridine rings is 1. The van der Waals surface area contributed by atoms with Gasteiger partial charge in [0.05, 0.1) is 5.56 Å². The van der Waals surface area contributed by atoms with Gasteiger partial charge in [-0.15, -0.1) is 24.8 Å². The van der Waals surface area contributed by atoms with Crippen molar-refractivity contribution in [3.8, 4) is 0 Å². The summed E-state index contributed by atoms with van der Waals surface area (Å²) >= 11 is 3.36. The van der Waals surface area contributed by atoms with Crippen LogP contribution >= 0.6 is 40.7 Å². The maximum atomic E-state index is 12.6. The first kappa shape index (κ1) is 20.5. The van der Waals surface area contributed by atoms with Crippen LogP contribution in [0.15, 0.2) is 47.1 Å². The van der Waals surface area contributed by atoms with Crippen LogP contribution < -0.4 is 10.6 Å². The van der Waals surface area contributed by atoms with Gasteiger partial charge in [-0.3, -0.25) is 4.79 Å². The Hall–Kier alpha value is -1.50. The Kier molecular flexibility index (Phi) is 7.79. The highest BCUT2D eigenvalue weighted by molar-refractivity contribution is 9.10. The van der Waals surface area contributed by atoms with E-state index in [4.69, 9.17) is 5.73 Å². The van der Waals surface area contributed by atoms with E-state index in [1.54, 1.807) is 18.3 Å². The van der Waals surface area contributed by atoms with Crippen LogP contribution in [0.3, 0.4) is 0 Å². The standard InChI is InChI=1S/C16H17BrN4O.2ClH/c17-12-4-5-13(14(18)11-12)16(22)21-9-7-20(8-10-21)15-3-1-2-6-19-15;;/h1-6,11H,7-10,18H2;2*1H. The normalized spacial score (nSPS) is 13.7. The van der Waals surface area contributed by atoms with Gasteiger partial charge in [0.15, 0.2) is 0 Å². The van der Waals surface area contributed by atoms with E-state index >= 15 is 0 Å². The van der Waals surface area contributed by atoms with Gasteiger partial charge >= 0.3 is 0 Å². The number of nitrogen functional groups attached to an aromatic ring is 1. The maximum absolute atomic E-state index is 12.6. The molecule has 1 aromatic heterocycles. The Morgan fingerprint density at radius 3 is 2.38 bits per heavy atom. The van der Waals surface area contributed by atoms with Crippen molar-refractivity contribution in [1.82, 2.24) is 9.88 Å². The van der Waals surface area contributed by atoms with E-state index in [1.807, 2.05) is 29.2 Å². The smallest absolute Gasteiger partial charge is 0.256 e. The fourth-order valence-electron chi connectivity index (χ4n) is 2.58. The minimum Gasteiger partial charge on any atom is -0.398 e. The lowest BCUT2D eigenvalue weighted by Crippen LogP contribution is -2.49. The Balaban J connectivity index is 0.00000144. The number of nitrogens with zero attached hydrogens (tertiary/aromatic N) is 3. The zero-order valence-corrected chi connectivity index (χ0v) is 16.1. The molecular formula is C16H19BrCl2N4O. The molecular weight excluding hydrogens is 415 g/mol. The van der Waals surface area contributed by atoms with Crippen LogP contribution in [0.25, 0.3) is 0 Å². The number of benzene rings is 1. The van der Waals surface area contributed by atoms with Gasteiger partial charge in [0, 0.05) is 42.5 Å². The summed E-state index contributed by atoms with van der Waals surface area (Å²) in [5.74, 6) is 0.948. The Morgan fingerprint density at radius 2 is 1.79 bits per heavy atom. The van der Waals surface area contributed by atoms with Gasteiger partial charge in [-0.1, -0.05) is 22.0 Å². The SMILES string of the molecule is Cl.Cl.Nc1cc(Br)ccc1C(=O)N1CCN(c2ccccn2)CC1. The van der Waals surface area contributed by atoms with Crippen molar-refractivity contribution in [3.63, 3.8) is 0 Å². The third kappa shape index (κ3) is 4.53. The van der Waals surface area contributed by atoms with Crippen LogP contribution in [-0.2, 0) is 0 Å². The van der Waals surface area contributed by atoms with Crippen molar-refractivity contribution in [1.29, 1.82) is 0 Å². The van der Waals surface area contributed by atoms with Crippen molar-refractivity contribution in [2.24, 2.45) is 0 Å². The van der Waals surface area contributed by atoms with Crippen molar-refractivity contribution >= 4 is 58.2 Å². The first-order valence-corrected chi connectivity index (χ1v) is 7.95. The van der Waals surface area contributed by atoms with E-state index < -0.39 is 0 Å². The summed E-state index contributed by atoms with van der Waals surface area (Å²) in [5.41, 5.74) is 7.02. The van der Waals surface area contributed by atoms with Gasteiger partial charge in [0.1, 0.15) is 5.82 Å². The topological polar surface area (TPSA) is 62.5 Å². The Labute approximate surface area is 162 Å². The largest absolute Gasteiger partial charge is 0.398 e. The van der Waals surface area contributed by atoms with E-state index in [0.717, 1.165) is 23.4 Å². The molecule has 0 radical (unpaired) electrons. The summed E-state index contributed by atoms with van der Waals surface area (Å²) in [6.07, 6.45) is 1.79. The van der Waals surface area contributed by atoms with E-state index in [0.29, 0.717) is 24.3 Å². The highest BCUT2D eigenvalue weighted by Gasteiger charge is 2.23. The zero-order chi connectivity index (χ0) is 15.5. The lowest BCUT2D eigenvalue weighted by molar-refractivity contribution is 0.0747. The fraction of sp³-hybridized carbons (Fsp3) is 0.250. The van der Waals surface area contributed by atoms with Gasteiger partial charge in [0.2, 0.25) is 0 Å². The lowest BCUT2D eigenvalue weighted by Gasteiger charge is -2.35.